The highest BCUT2D eigenvalue weighted by atomic mass is 16.3. The average Bonchev–Trinajstić information content (AvgIpc) is 3.79. The molecule has 0 unspecified atom stereocenters. The molecule has 11 rings (SSSR count). The summed E-state index contributed by atoms with van der Waals surface area (Å²) < 4.78 is 9.20. The van der Waals surface area contributed by atoms with Crippen molar-refractivity contribution in [1.82, 2.24) is 19.5 Å². The van der Waals surface area contributed by atoms with E-state index in [2.05, 4.69) is 114 Å². The van der Waals surface area contributed by atoms with Gasteiger partial charge in [0.2, 0.25) is 0 Å². The SMILES string of the molecule is c1ccc(-c2ccc3c(c2)c2ccccc2n3-c2cc3c4ccccc4oc3c3c(-c4nc(-c5ccccc5)nc(-c5ccccc5)n4)cccc23)cc1. The predicted molar refractivity (Wildman–Crippen MR) is 221 cm³/mol. The fourth-order valence-corrected chi connectivity index (χ4v) is 7.96. The Bertz CT molecular complexity index is 3140. The molecule has 0 saturated carbocycles. The maximum Gasteiger partial charge on any atom is 0.164 e. The fraction of sp³-hybridized carbons (Fsp3) is 0. The van der Waals surface area contributed by atoms with E-state index in [0.29, 0.717) is 17.5 Å². The quantitative estimate of drug-likeness (QED) is 0.180. The number of nitrogens with zero attached hydrogens (tertiary/aromatic N) is 4. The van der Waals surface area contributed by atoms with Crippen LogP contribution in [0.1, 0.15) is 0 Å². The van der Waals surface area contributed by atoms with E-state index in [1.807, 2.05) is 72.8 Å². The molecule has 252 valence electrons. The van der Waals surface area contributed by atoms with Crippen molar-refractivity contribution in [1.29, 1.82) is 0 Å². The summed E-state index contributed by atoms with van der Waals surface area (Å²) in [6, 6.07) is 63.3. The fourth-order valence-electron chi connectivity index (χ4n) is 7.96. The first kappa shape index (κ1) is 30.3. The van der Waals surface area contributed by atoms with Crippen LogP contribution in [0.15, 0.2) is 186 Å². The van der Waals surface area contributed by atoms with Gasteiger partial charge in [0.1, 0.15) is 11.2 Å². The molecule has 5 nitrogen and oxygen atoms in total. The van der Waals surface area contributed by atoms with Gasteiger partial charge in [-0.1, -0.05) is 152 Å². The van der Waals surface area contributed by atoms with Crippen molar-refractivity contribution in [3.63, 3.8) is 0 Å². The van der Waals surface area contributed by atoms with Crippen molar-refractivity contribution in [3.05, 3.63) is 182 Å². The molecular formula is C49H30N4O. The number of hydrogen-bond donors (Lipinski definition) is 0. The molecule has 0 amide bonds. The summed E-state index contributed by atoms with van der Waals surface area (Å²) in [6.45, 7) is 0. The lowest BCUT2D eigenvalue weighted by atomic mass is 9.98. The molecule has 0 aliphatic rings. The van der Waals surface area contributed by atoms with E-state index in [4.69, 9.17) is 19.4 Å². The van der Waals surface area contributed by atoms with Gasteiger partial charge in [0.05, 0.1) is 16.7 Å². The molecule has 0 radical (unpaired) electrons. The highest BCUT2D eigenvalue weighted by Gasteiger charge is 2.23. The summed E-state index contributed by atoms with van der Waals surface area (Å²) in [5, 5.41) is 6.49. The van der Waals surface area contributed by atoms with Gasteiger partial charge in [0, 0.05) is 49.0 Å². The molecule has 0 spiro atoms. The van der Waals surface area contributed by atoms with Crippen LogP contribution in [0, 0.1) is 0 Å². The van der Waals surface area contributed by atoms with Crippen molar-refractivity contribution in [2.45, 2.75) is 0 Å². The van der Waals surface area contributed by atoms with Crippen molar-refractivity contribution in [2.75, 3.05) is 0 Å². The lowest BCUT2D eigenvalue weighted by molar-refractivity contribution is 0.672. The topological polar surface area (TPSA) is 56.7 Å². The maximum atomic E-state index is 6.79. The first-order valence-electron chi connectivity index (χ1n) is 18.1. The average molecular weight is 691 g/mol. The highest BCUT2D eigenvalue weighted by molar-refractivity contribution is 6.22. The molecule has 0 saturated heterocycles. The summed E-state index contributed by atoms with van der Waals surface area (Å²) >= 11 is 0. The second kappa shape index (κ2) is 12.1. The summed E-state index contributed by atoms with van der Waals surface area (Å²) in [7, 11) is 0. The minimum atomic E-state index is 0.585. The third-order valence-electron chi connectivity index (χ3n) is 10.4. The first-order valence-corrected chi connectivity index (χ1v) is 18.1. The van der Waals surface area contributed by atoms with Crippen LogP contribution < -0.4 is 0 Å². The van der Waals surface area contributed by atoms with Crippen molar-refractivity contribution in [3.8, 4) is 51.0 Å². The summed E-state index contributed by atoms with van der Waals surface area (Å²) in [5.74, 6) is 1.82. The number of hydrogen-bond acceptors (Lipinski definition) is 4. The van der Waals surface area contributed by atoms with Crippen molar-refractivity contribution < 1.29 is 4.42 Å². The first-order chi connectivity index (χ1) is 26.8. The Morgan fingerprint density at radius 1 is 0.370 bits per heavy atom. The van der Waals surface area contributed by atoms with Crippen LogP contribution in [0.2, 0.25) is 0 Å². The van der Waals surface area contributed by atoms with Gasteiger partial charge in [-0.2, -0.15) is 0 Å². The molecule has 11 aromatic rings. The Kier molecular flexibility index (Phi) is 6.79. The Labute approximate surface area is 310 Å². The Morgan fingerprint density at radius 3 is 1.67 bits per heavy atom. The molecule has 0 aliphatic carbocycles. The van der Waals surface area contributed by atoms with Gasteiger partial charge >= 0.3 is 0 Å². The van der Waals surface area contributed by atoms with Crippen LogP contribution in [0.5, 0.6) is 0 Å². The monoisotopic (exact) mass is 690 g/mol. The lowest BCUT2D eigenvalue weighted by Crippen LogP contribution is -2.01. The van der Waals surface area contributed by atoms with E-state index in [9.17, 15) is 0 Å². The second-order valence-electron chi connectivity index (χ2n) is 13.6. The minimum Gasteiger partial charge on any atom is -0.455 e. The van der Waals surface area contributed by atoms with Crippen LogP contribution in [0.25, 0.3) is 105 Å². The number of para-hydroxylation sites is 2. The largest absolute Gasteiger partial charge is 0.455 e. The van der Waals surface area contributed by atoms with Crippen molar-refractivity contribution >= 4 is 54.5 Å². The Hall–Kier alpha value is -7.37. The molecule has 54 heavy (non-hydrogen) atoms. The van der Waals surface area contributed by atoms with Gasteiger partial charge in [0.15, 0.2) is 17.5 Å². The molecule has 3 heterocycles. The van der Waals surface area contributed by atoms with Gasteiger partial charge in [-0.15, -0.1) is 0 Å². The smallest absolute Gasteiger partial charge is 0.164 e. The summed E-state index contributed by atoms with van der Waals surface area (Å²) in [5.41, 5.74) is 10.1. The number of aromatic nitrogens is 4. The standard InChI is InChI=1S/C49H30N4O/c1-4-15-31(16-5-1)34-27-28-42-39(29-34)35-21-10-12-25-41(35)53(42)43-30-40-36-22-11-13-26-44(36)54-46(40)45-37(43)23-14-24-38(45)49-51-47(32-17-6-2-7-18-32)50-48(52-49)33-19-8-3-9-20-33/h1-30H. The summed E-state index contributed by atoms with van der Waals surface area (Å²) in [4.78, 5) is 15.3. The molecular weight excluding hydrogens is 661 g/mol. The van der Waals surface area contributed by atoms with E-state index in [1.54, 1.807) is 0 Å². The molecule has 0 N–H and O–H groups in total. The van der Waals surface area contributed by atoms with E-state index < -0.39 is 0 Å². The van der Waals surface area contributed by atoms with Gasteiger partial charge in [-0.05, 0) is 41.5 Å². The zero-order valence-corrected chi connectivity index (χ0v) is 29.0. The molecule has 0 atom stereocenters. The predicted octanol–water partition coefficient (Wildman–Crippen LogP) is 12.7. The number of furan rings is 1. The van der Waals surface area contributed by atoms with Crippen LogP contribution in [-0.4, -0.2) is 19.5 Å². The zero-order chi connectivity index (χ0) is 35.6. The van der Waals surface area contributed by atoms with Gasteiger partial charge in [0.25, 0.3) is 0 Å². The van der Waals surface area contributed by atoms with E-state index in [0.717, 1.165) is 66.1 Å². The molecule has 0 aliphatic heterocycles. The van der Waals surface area contributed by atoms with E-state index in [-0.39, 0.29) is 0 Å². The molecule has 3 aromatic heterocycles. The van der Waals surface area contributed by atoms with E-state index in [1.165, 1.54) is 21.9 Å². The highest BCUT2D eigenvalue weighted by Crippen LogP contribution is 2.44. The Balaban J connectivity index is 1.25. The molecule has 0 fully saturated rings. The van der Waals surface area contributed by atoms with Gasteiger partial charge in [-0.25, -0.2) is 15.0 Å². The lowest BCUT2D eigenvalue weighted by Gasteiger charge is -2.15. The number of benzene rings is 8. The van der Waals surface area contributed by atoms with Crippen LogP contribution in [0.3, 0.4) is 0 Å². The van der Waals surface area contributed by atoms with Gasteiger partial charge < -0.3 is 8.98 Å². The second-order valence-corrected chi connectivity index (χ2v) is 13.6. The van der Waals surface area contributed by atoms with Crippen LogP contribution >= 0.6 is 0 Å². The van der Waals surface area contributed by atoms with Crippen LogP contribution in [-0.2, 0) is 0 Å². The maximum absolute atomic E-state index is 6.79. The van der Waals surface area contributed by atoms with Crippen molar-refractivity contribution in [2.24, 2.45) is 0 Å². The molecule has 5 heteroatoms. The third kappa shape index (κ3) is 4.76. The minimum absolute atomic E-state index is 0.585. The van der Waals surface area contributed by atoms with Gasteiger partial charge in [-0.3, -0.25) is 0 Å². The number of rotatable bonds is 5. The third-order valence-corrected chi connectivity index (χ3v) is 10.4. The molecule has 8 aromatic carbocycles. The van der Waals surface area contributed by atoms with E-state index >= 15 is 0 Å². The normalized spacial score (nSPS) is 11.7. The molecule has 0 bridgehead atoms. The van der Waals surface area contributed by atoms with Crippen LogP contribution in [0.4, 0.5) is 0 Å². The Morgan fingerprint density at radius 2 is 0.944 bits per heavy atom. The summed E-state index contributed by atoms with van der Waals surface area (Å²) in [6.07, 6.45) is 0. The number of fused-ring (bicyclic) bond motifs is 8. The zero-order valence-electron chi connectivity index (χ0n) is 29.0.